The molecule has 1 N–H and O–H groups in total. The molecule has 1 fully saturated rings. The van der Waals surface area contributed by atoms with Crippen LogP contribution in [0.4, 0.5) is 4.39 Å². The van der Waals surface area contributed by atoms with Gasteiger partial charge in [-0.1, -0.05) is 12.1 Å². The van der Waals surface area contributed by atoms with Gasteiger partial charge in [-0.05, 0) is 43.9 Å². The molecular formula is C19H30FN3O2. The molecule has 0 amide bonds. The number of nitrogens with zero attached hydrogens (tertiary/aromatic N) is 2. The number of rotatable bonds is 8. The first-order valence-corrected chi connectivity index (χ1v) is 9.12. The van der Waals surface area contributed by atoms with Crippen molar-refractivity contribution >= 4 is 5.96 Å². The predicted molar refractivity (Wildman–Crippen MR) is 98.3 cm³/mol. The molecule has 25 heavy (non-hydrogen) atoms. The van der Waals surface area contributed by atoms with Crippen molar-refractivity contribution in [1.29, 1.82) is 0 Å². The first-order valence-electron chi connectivity index (χ1n) is 9.12. The van der Waals surface area contributed by atoms with Gasteiger partial charge in [-0.2, -0.15) is 0 Å². The van der Waals surface area contributed by atoms with Crippen LogP contribution in [0.3, 0.4) is 0 Å². The molecule has 5 nitrogen and oxygen atoms in total. The standard InChI is InChI=1S/C19H30FN3O2/c1-3-21-19(23(2)15-16-5-7-17(20)8-6-16)22-11-4-12-25-18-9-13-24-14-10-18/h5-8,18H,3-4,9-15H2,1-2H3,(H,21,22). The minimum Gasteiger partial charge on any atom is -0.381 e. The largest absolute Gasteiger partial charge is 0.381 e. The molecule has 6 heteroatoms. The third-order valence-corrected chi connectivity index (χ3v) is 4.12. The monoisotopic (exact) mass is 351 g/mol. The maximum atomic E-state index is 13.0. The highest BCUT2D eigenvalue weighted by Gasteiger charge is 2.13. The highest BCUT2D eigenvalue weighted by molar-refractivity contribution is 5.79. The number of guanidine groups is 1. The number of hydrogen-bond acceptors (Lipinski definition) is 3. The molecular weight excluding hydrogens is 321 g/mol. The topological polar surface area (TPSA) is 46.1 Å². The zero-order valence-electron chi connectivity index (χ0n) is 15.3. The minimum atomic E-state index is -0.212. The lowest BCUT2D eigenvalue weighted by molar-refractivity contribution is -0.0318. The van der Waals surface area contributed by atoms with E-state index in [1.807, 2.05) is 7.05 Å². The molecule has 1 aliphatic heterocycles. The maximum absolute atomic E-state index is 13.0. The Morgan fingerprint density at radius 2 is 2.04 bits per heavy atom. The van der Waals surface area contributed by atoms with E-state index in [0.717, 1.165) is 63.7 Å². The second-order valence-corrected chi connectivity index (χ2v) is 6.25. The number of aliphatic imine (C=N–C) groups is 1. The highest BCUT2D eigenvalue weighted by atomic mass is 19.1. The van der Waals surface area contributed by atoms with Gasteiger partial charge in [0.1, 0.15) is 5.82 Å². The van der Waals surface area contributed by atoms with Crippen molar-refractivity contribution in [1.82, 2.24) is 10.2 Å². The molecule has 0 atom stereocenters. The van der Waals surface area contributed by atoms with Crippen molar-refractivity contribution in [3.8, 4) is 0 Å². The Morgan fingerprint density at radius 3 is 2.72 bits per heavy atom. The van der Waals surface area contributed by atoms with E-state index in [1.54, 1.807) is 12.1 Å². The summed E-state index contributed by atoms with van der Waals surface area (Å²) in [5.74, 6) is 0.648. The van der Waals surface area contributed by atoms with Crippen LogP contribution in [0, 0.1) is 5.82 Å². The van der Waals surface area contributed by atoms with Gasteiger partial charge in [0, 0.05) is 46.5 Å². The Balaban J connectivity index is 1.75. The molecule has 1 aromatic carbocycles. The van der Waals surface area contributed by atoms with E-state index in [1.165, 1.54) is 12.1 Å². The van der Waals surface area contributed by atoms with Crippen LogP contribution in [0.15, 0.2) is 29.3 Å². The summed E-state index contributed by atoms with van der Waals surface area (Å²) in [7, 11) is 1.99. The molecule has 0 radical (unpaired) electrons. The first kappa shape index (κ1) is 19.7. The second kappa shape index (κ2) is 11.1. The van der Waals surface area contributed by atoms with Gasteiger partial charge in [-0.25, -0.2) is 4.39 Å². The third-order valence-electron chi connectivity index (χ3n) is 4.12. The van der Waals surface area contributed by atoms with Gasteiger partial charge in [0.2, 0.25) is 0 Å². The van der Waals surface area contributed by atoms with Crippen molar-refractivity contribution in [2.75, 3.05) is 40.0 Å². The highest BCUT2D eigenvalue weighted by Crippen LogP contribution is 2.10. The SMILES string of the molecule is CCNC(=NCCCOC1CCOCC1)N(C)Cc1ccc(F)cc1. The van der Waals surface area contributed by atoms with Crippen LogP contribution < -0.4 is 5.32 Å². The van der Waals surface area contributed by atoms with Gasteiger partial charge in [0.05, 0.1) is 6.10 Å². The molecule has 1 aliphatic rings. The summed E-state index contributed by atoms with van der Waals surface area (Å²) in [6.07, 6.45) is 3.22. The van der Waals surface area contributed by atoms with Crippen LogP contribution in [0.5, 0.6) is 0 Å². The van der Waals surface area contributed by atoms with E-state index in [0.29, 0.717) is 12.6 Å². The van der Waals surface area contributed by atoms with E-state index in [4.69, 9.17) is 9.47 Å². The average Bonchev–Trinajstić information content (AvgIpc) is 2.63. The lowest BCUT2D eigenvalue weighted by Crippen LogP contribution is -2.38. The molecule has 1 heterocycles. The first-order chi connectivity index (χ1) is 12.2. The van der Waals surface area contributed by atoms with Crippen molar-refractivity contribution in [3.63, 3.8) is 0 Å². The van der Waals surface area contributed by atoms with Crippen molar-refractivity contribution in [2.45, 2.75) is 38.8 Å². The van der Waals surface area contributed by atoms with E-state index in [2.05, 4.69) is 22.1 Å². The molecule has 0 spiro atoms. The minimum absolute atomic E-state index is 0.212. The zero-order chi connectivity index (χ0) is 17.9. The van der Waals surface area contributed by atoms with Crippen LogP contribution in [0.2, 0.25) is 0 Å². The predicted octanol–water partition coefficient (Wildman–Crippen LogP) is 2.81. The molecule has 2 rings (SSSR count). The smallest absolute Gasteiger partial charge is 0.193 e. The zero-order valence-corrected chi connectivity index (χ0v) is 15.3. The lowest BCUT2D eigenvalue weighted by Gasteiger charge is -2.23. The van der Waals surface area contributed by atoms with Crippen molar-refractivity contribution in [2.24, 2.45) is 4.99 Å². The van der Waals surface area contributed by atoms with Crippen LogP contribution in [-0.2, 0) is 16.0 Å². The summed E-state index contributed by atoms with van der Waals surface area (Å²) < 4.78 is 24.2. The van der Waals surface area contributed by atoms with Gasteiger partial charge >= 0.3 is 0 Å². The van der Waals surface area contributed by atoms with Gasteiger partial charge in [0.25, 0.3) is 0 Å². The Morgan fingerprint density at radius 1 is 1.32 bits per heavy atom. The summed E-state index contributed by atoms with van der Waals surface area (Å²) >= 11 is 0. The van der Waals surface area contributed by atoms with Crippen LogP contribution in [-0.4, -0.2) is 56.9 Å². The van der Waals surface area contributed by atoms with Crippen LogP contribution in [0.1, 0.15) is 31.7 Å². The van der Waals surface area contributed by atoms with Gasteiger partial charge < -0.3 is 19.7 Å². The molecule has 0 aromatic heterocycles. The fourth-order valence-electron chi connectivity index (χ4n) is 2.75. The summed E-state index contributed by atoms with van der Waals surface area (Å²) in [6, 6.07) is 6.58. The number of nitrogens with one attached hydrogen (secondary N) is 1. The van der Waals surface area contributed by atoms with Crippen LogP contribution in [0.25, 0.3) is 0 Å². The third kappa shape index (κ3) is 7.40. The summed E-state index contributed by atoms with van der Waals surface area (Å²) in [5.41, 5.74) is 1.05. The summed E-state index contributed by atoms with van der Waals surface area (Å²) in [4.78, 5) is 6.71. The average molecular weight is 351 g/mol. The van der Waals surface area contributed by atoms with Gasteiger partial charge in [-0.3, -0.25) is 4.99 Å². The van der Waals surface area contributed by atoms with E-state index < -0.39 is 0 Å². The molecule has 0 bridgehead atoms. The molecule has 0 unspecified atom stereocenters. The van der Waals surface area contributed by atoms with Gasteiger partial charge in [0.15, 0.2) is 5.96 Å². The van der Waals surface area contributed by atoms with Crippen molar-refractivity contribution < 1.29 is 13.9 Å². The number of halogens is 1. The van der Waals surface area contributed by atoms with E-state index in [9.17, 15) is 4.39 Å². The number of ether oxygens (including phenoxy) is 2. The molecule has 1 saturated heterocycles. The Hall–Kier alpha value is -1.66. The fourth-order valence-corrected chi connectivity index (χ4v) is 2.75. The number of hydrogen-bond donors (Lipinski definition) is 1. The number of benzene rings is 1. The second-order valence-electron chi connectivity index (χ2n) is 6.25. The van der Waals surface area contributed by atoms with E-state index in [-0.39, 0.29) is 5.82 Å². The quantitative estimate of drug-likeness (QED) is 0.444. The fraction of sp³-hybridized carbons (Fsp3) is 0.632. The normalized spacial score (nSPS) is 16.0. The molecule has 1 aromatic rings. The van der Waals surface area contributed by atoms with Crippen molar-refractivity contribution in [3.05, 3.63) is 35.6 Å². The maximum Gasteiger partial charge on any atom is 0.193 e. The Kier molecular flexibility index (Phi) is 8.69. The Bertz CT molecular complexity index is 516. The van der Waals surface area contributed by atoms with Gasteiger partial charge in [-0.15, -0.1) is 0 Å². The van der Waals surface area contributed by atoms with Crippen LogP contribution >= 0.6 is 0 Å². The Labute approximate surface area is 150 Å². The summed E-state index contributed by atoms with van der Waals surface area (Å²) in [5, 5.41) is 3.30. The molecule has 140 valence electrons. The summed E-state index contributed by atoms with van der Waals surface area (Å²) in [6.45, 7) is 6.61. The van der Waals surface area contributed by atoms with E-state index >= 15 is 0 Å². The lowest BCUT2D eigenvalue weighted by atomic mass is 10.1. The molecule has 0 aliphatic carbocycles. The molecule has 0 saturated carbocycles.